The minimum Gasteiger partial charge on any atom is -0.497 e. The minimum absolute atomic E-state index is 0.0466. The van der Waals surface area contributed by atoms with Gasteiger partial charge in [-0.25, -0.2) is 4.39 Å². The molecule has 4 rings (SSSR count). The fourth-order valence-electron chi connectivity index (χ4n) is 4.11. The van der Waals surface area contributed by atoms with Crippen LogP contribution in [0.1, 0.15) is 18.4 Å². The van der Waals surface area contributed by atoms with Crippen LogP contribution < -0.4 is 20.3 Å². The Kier molecular flexibility index (Phi) is 7.72. The zero-order valence-corrected chi connectivity index (χ0v) is 19.4. The van der Waals surface area contributed by atoms with E-state index in [1.54, 1.807) is 25.3 Å². The second-order valence-corrected chi connectivity index (χ2v) is 9.28. The molecule has 33 heavy (non-hydrogen) atoms. The lowest BCUT2D eigenvalue weighted by molar-refractivity contribution is -0.132. The SMILES string of the molecule is COc1cccc(N2CCN(C(=O)CC3CC(=O)NC(SCc4ccccc4F)N3)CC2)c1. The van der Waals surface area contributed by atoms with Crippen LogP contribution in [0.25, 0.3) is 0 Å². The molecule has 0 spiro atoms. The number of halogens is 1. The molecule has 2 aliphatic rings. The number of piperazine rings is 1. The molecule has 9 heteroatoms. The van der Waals surface area contributed by atoms with Gasteiger partial charge in [0.15, 0.2) is 0 Å². The highest BCUT2D eigenvalue weighted by molar-refractivity contribution is 7.99. The van der Waals surface area contributed by atoms with Crippen LogP contribution in [0.4, 0.5) is 10.1 Å². The molecule has 0 aliphatic carbocycles. The van der Waals surface area contributed by atoms with Crippen molar-refractivity contribution < 1.29 is 18.7 Å². The standard InChI is InChI=1S/C24H29FN4O3S/c1-32-20-7-4-6-19(15-20)28-9-11-29(12-10-28)23(31)14-18-13-22(30)27-24(26-18)33-16-17-5-2-3-8-21(17)25/h2-8,15,18,24,26H,9-14,16H2,1H3,(H,27,30). The number of nitrogens with one attached hydrogen (secondary N) is 2. The average Bonchev–Trinajstić information content (AvgIpc) is 2.83. The maximum atomic E-state index is 13.9. The molecule has 2 aromatic carbocycles. The van der Waals surface area contributed by atoms with Crippen molar-refractivity contribution in [2.45, 2.75) is 30.1 Å². The van der Waals surface area contributed by atoms with E-state index in [9.17, 15) is 14.0 Å². The highest BCUT2D eigenvalue weighted by atomic mass is 32.2. The lowest BCUT2D eigenvalue weighted by Crippen LogP contribution is -2.56. The number of benzene rings is 2. The van der Waals surface area contributed by atoms with Gasteiger partial charge in [0, 0.05) is 62.6 Å². The summed E-state index contributed by atoms with van der Waals surface area (Å²) in [6.07, 6.45) is 0.523. The molecule has 2 fully saturated rings. The first-order chi connectivity index (χ1) is 16.0. The molecular formula is C24H29FN4O3S. The number of hydrogen-bond donors (Lipinski definition) is 2. The van der Waals surface area contributed by atoms with E-state index in [1.807, 2.05) is 29.2 Å². The van der Waals surface area contributed by atoms with Crippen LogP contribution in [-0.2, 0) is 15.3 Å². The van der Waals surface area contributed by atoms with E-state index < -0.39 is 0 Å². The van der Waals surface area contributed by atoms with Crippen molar-refractivity contribution in [1.29, 1.82) is 0 Å². The highest BCUT2D eigenvalue weighted by Gasteiger charge is 2.30. The molecular weight excluding hydrogens is 443 g/mol. The lowest BCUT2D eigenvalue weighted by Gasteiger charge is -2.37. The normalized spacial score (nSPS) is 21.0. The molecule has 2 aromatic rings. The summed E-state index contributed by atoms with van der Waals surface area (Å²) in [6, 6.07) is 14.3. The van der Waals surface area contributed by atoms with Crippen LogP contribution in [-0.4, -0.2) is 61.5 Å². The Hall–Kier alpha value is -2.78. The van der Waals surface area contributed by atoms with Crippen LogP contribution in [0.5, 0.6) is 5.75 Å². The minimum atomic E-state index is -0.353. The molecule has 0 saturated carbocycles. The number of carbonyl (C=O) groups excluding carboxylic acids is 2. The van der Waals surface area contributed by atoms with E-state index in [0.717, 1.165) is 24.5 Å². The quantitative estimate of drug-likeness (QED) is 0.645. The zero-order valence-electron chi connectivity index (χ0n) is 18.6. The molecule has 0 radical (unpaired) electrons. The summed E-state index contributed by atoms with van der Waals surface area (Å²) in [6.45, 7) is 2.78. The second kappa shape index (κ2) is 10.9. The number of methoxy groups -OCH3 is 1. The molecule has 176 valence electrons. The van der Waals surface area contributed by atoms with Crippen molar-refractivity contribution >= 4 is 29.3 Å². The van der Waals surface area contributed by atoms with Gasteiger partial charge in [0.1, 0.15) is 17.1 Å². The number of rotatable bonds is 7. The van der Waals surface area contributed by atoms with Gasteiger partial charge in [0.2, 0.25) is 11.8 Å². The number of hydrogen-bond acceptors (Lipinski definition) is 6. The monoisotopic (exact) mass is 472 g/mol. The first-order valence-electron chi connectivity index (χ1n) is 11.1. The first-order valence-corrected chi connectivity index (χ1v) is 12.1. The Morgan fingerprint density at radius 2 is 1.94 bits per heavy atom. The van der Waals surface area contributed by atoms with Gasteiger partial charge in [-0.1, -0.05) is 24.3 Å². The summed E-state index contributed by atoms with van der Waals surface area (Å²) < 4.78 is 19.2. The Morgan fingerprint density at radius 1 is 1.15 bits per heavy atom. The van der Waals surface area contributed by atoms with E-state index in [0.29, 0.717) is 24.4 Å². The van der Waals surface area contributed by atoms with Gasteiger partial charge in [0.05, 0.1) is 7.11 Å². The average molecular weight is 473 g/mol. The van der Waals surface area contributed by atoms with E-state index in [1.165, 1.54) is 17.8 Å². The number of amides is 2. The van der Waals surface area contributed by atoms with E-state index in [4.69, 9.17) is 4.74 Å². The Morgan fingerprint density at radius 3 is 2.70 bits per heavy atom. The number of anilines is 1. The molecule has 0 aromatic heterocycles. The highest BCUT2D eigenvalue weighted by Crippen LogP contribution is 2.23. The van der Waals surface area contributed by atoms with Crippen molar-refractivity contribution in [2.75, 3.05) is 38.2 Å². The maximum absolute atomic E-state index is 13.9. The largest absolute Gasteiger partial charge is 0.497 e. The van der Waals surface area contributed by atoms with Crippen LogP contribution in [0.3, 0.4) is 0 Å². The smallest absolute Gasteiger partial charge is 0.224 e. The van der Waals surface area contributed by atoms with Gasteiger partial charge in [-0.05, 0) is 23.8 Å². The molecule has 7 nitrogen and oxygen atoms in total. The van der Waals surface area contributed by atoms with E-state index >= 15 is 0 Å². The van der Waals surface area contributed by atoms with E-state index in [2.05, 4.69) is 15.5 Å². The first kappa shape index (κ1) is 23.4. The second-order valence-electron chi connectivity index (χ2n) is 8.19. The van der Waals surface area contributed by atoms with Crippen molar-refractivity contribution in [3.8, 4) is 5.75 Å². The Labute approximate surface area is 197 Å². The van der Waals surface area contributed by atoms with Gasteiger partial charge in [-0.3, -0.25) is 14.9 Å². The number of thioether (sulfide) groups is 1. The van der Waals surface area contributed by atoms with Gasteiger partial charge in [0.25, 0.3) is 0 Å². The summed E-state index contributed by atoms with van der Waals surface area (Å²) in [5.74, 6) is 0.935. The number of nitrogens with zero attached hydrogens (tertiary/aromatic N) is 2. The van der Waals surface area contributed by atoms with Gasteiger partial charge in [-0.15, -0.1) is 11.8 Å². The summed E-state index contributed by atoms with van der Waals surface area (Å²) in [5, 5.41) is 6.20. The van der Waals surface area contributed by atoms with Crippen LogP contribution in [0, 0.1) is 5.82 Å². The molecule has 2 unspecified atom stereocenters. The predicted molar refractivity (Wildman–Crippen MR) is 128 cm³/mol. The molecule has 2 amide bonds. The fourth-order valence-corrected chi connectivity index (χ4v) is 5.20. The van der Waals surface area contributed by atoms with Crippen LogP contribution >= 0.6 is 11.8 Å². The summed E-state index contributed by atoms with van der Waals surface area (Å²) in [4.78, 5) is 29.2. The van der Waals surface area contributed by atoms with Crippen molar-refractivity contribution in [2.24, 2.45) is 0 Å². The molecule has 0 bridgehead atoms. The third-order valence-electron chi connectivity index (χ3n) is 5.95. The topological polar surface area (TPSA) is 73.9 Å². The van der Waals surface area contributed by atoms with Crippen molar-refractivity contribution in [1.82, 2.24) is 15.5 Å². The number of ether oxygens (including phenoxy) is 1. The van der Waals surface area contributed by atoms with Crippen molar-refractivity contribution in [3.05, 3.63) is 59.9 Å². The van der Waals surface area contributed by atoms with Gasteiger partial charge < -0.3 is 19.9 Å². The summed E-state index contributed by atoms with van der Waals surface area (Å²) in [7, 11) is 1.65. The van der Waals surface area contributed by atoms with Gasteiger partial charge >= 0.3 is 0 Å². The third-order valence-corrected chi connectivity index (χ3v) is 7.01. The van der Waals surface area contributed by atoms with Gasteiger partial charge in [-0.2, -0.15) is 0 Å². The summed E-state index contributed by atoms with van der Waals surface area (Å²) >= 11 is 1.41. The van der Waals surface area contributed by atoms with E-state index in [-0.39, 0.29) is 42.0 Å². The summed E-state index contributed by atoms with van der Waals surface area (Å²) in [5.41, 5.74) is 1.32. The van der Waals surface area contributed by atoms with Crippen LogP contribution in [0.15, 0.2) is 48.5 Å². The molecule has 2 heterocycles. The lowest BCUT2D eigenvalue weighted by atomic mass is 10.1. The van der Waals surface area contributed by atoms with Crippen LogP contribution in [0.2, 0.25) is 0 Å². The predicted octanol–water partition coefficient (Wildman–Crippen LogP) is 2.57. The molecule has 2 N–H and O–H groups in total. The zero-order chi connectivity index (χ0) is 23.2. The maximum Gasteiger partial charge on any atom is 0.224 e. The molecule has 2 aliphatic heterocycles. The molecule has 2 atom stereocenters. The fraction of sp³-hybridized carbons (Fsp3) is 0.417. The molecule has 2 saturated heterocycles. The van der Waals surface area contributed by atoms with Crippen molar-refractivity contribution in [3.63, 3.8) is 0 Å². The third kappa shape index (κ3) is 6.17. The Bertz CT molecular complexity index is 984. The number of carbonyl (C=O) groups is 2. The Balaban J connectivity index is 1.26.